The van der Waals surface area contributed by atoms with Gasteiger partial charge in [0.2, 0.25) is 0 Å². The molecule has 0 bridgehead atoms. The molecular formula is C13H16F2N2O. The molecule has 0 saturated heterocycles. The summed E-state index contributed by atoms with van der Waals surface area (Å²) in [6, 6.07) is 8.19. The van der Waals surface area contributed by atoms with Crippen LogP contribution in [0.25, 0.3) is 10.9 Å². The van der Waals surface area contributed by atoms with Gasteiger partial charge in [-0.15, -0.1) is 0 Å². The van der Waals surface area contributed by atoms with Crippen LogP contribution in [0.5, 0.6) is 0 Å². The number of nitrogens with one attached hydrogen (secondary N) is 2. The number of hydrogen-bond donors (Lipinski definition) is 2. The van der Waals surface area contributed by atoms with Gasteiger partial charge in [0.1, 0.15) is 6.61 Å². The number of halogens is 2. The minimum absolute atomic E-state index is 0.301. The number of benzene rings is 1. The van der Waals surface area contributed by atoms with Crippen LogP contribution >= 0.6 is 0 Å². The fourth-order valence-electron chi connectivity index (χ4n) is 1.75. The normalized spacial score (nSPS) is 11.5. The summed E-state index contributed by atoms with van der Waals surface area (Å²) in [6.07, 6.45) is -0.486. The van der Waals surface area contributed by atoms with Gasteiger partial charge in [0.05, 0.1) is 6.61 Å². The van der Waals surface area contributed by atoms with E-state index < -0.39 is 13.0 Å². The minimum Gasteiger partial charge on any atom is -0.374 e. The van der Waals surface area contributed by atoms with Crippen LogP contribution in [-0.4, -0.2) is 31.2 Å². The van der Waals surface area contributed by atoms with E-state index in [2.05, 4.69) is 22.4 Å². The van der Waals surface area contributed by atoms with Crippen molar-refractivity contribution in [1.29, 1.82) is 0 Å². The summed E-state index contributed by atoms with van der Waals surface area (Å²) in [5.74, 6) is 0. The first-order valence-corrected chi connectivity index (χ1v) is 5.88. The van der Waals surface area contributed by atoms with Gasteiger partial charge in [-0.2, -0.15) is 0 Å². The Morgan fingerprint density at radius 1 is 1.28 bits per heavy atom. The lowest BCUT2D eigenvalue weighted by atomic mass is 10.1. The van der Waals surface area contributed by atoms with Crippen molar-refractivity contribution in [2.45, 2.75) is 13.0 Å². The van der Waals surface area contributed by atoms with E-state index in [0.717, 1.165) is 11.1 Å². The van der Waals surface area contributed by atoms with Gasteiger partial charge in [0.15, 0.2) is 0 Å². The first kappa shape index (κ1) is 13.0. The SMILES string of the molecule is FC(F)COCCNCc1ccc2cc[nH]c2c1. The van der Waals surface area contributed by atoms with Gasteiger partial charge in [-0.3, -0.25) is 0 Å². The molecule has 0 unspecified atom stereocenters. The van der Waals surface area contributed by atoms with Gasteiger partial charge in [-0.25, -0.2) is 8.78 Å². The first-order chi connectivity index (χ1) is 8.75. The molecule has 18 heavy (non-hydrogen) atoms. The van der Waals surface area contributed by atoms with Crippen LogP contribution in [0.1, 0.15) is 5.56 Å². The van der Waals surface area contributed by atoms with Gasteiger partial charge in [0.25, 0.3) is 6.43 Å². The predicted octanol–water partition coefficient (Wildman–Crippen LogP) is 2.54. The molecule has 0 aliphatic carbocycles. The van der Waals surface area contributed by atoms with Crippen LogP contribution in [-0.2, 0) is 11.3 Å². The number of aromatic nitrogens is 1. The lowest BCUT2D eigenvalue weighted by Crippen LogP contribution is -2.20. The second-order valence-corrected chi connectivity index (χ2v) is 4.04. The summed E-state index contributed by atoms with van der Waals surface area (Å²) in [6.45, 7) is 1.08. The lowest BCUT2D eigenvalue weighted by molar-refractivity contribution is 0.0187. The zero-order valence-corrected chi connectivity index (χ0v) is 9.96. The first-order valence-electron chi connectivity index (χ1n) is 5.88. The maximum absolute atomic E-state index is 11.8. The Labute approximate surface area is 104 Å². The maximum atomic E-state index is 11.8. The molecule has 98 valence electrons. The molecule has 1 aromatic carbocycles. The molecule has 0 aliphatic heterocycles. The van der Waals surface area contributed by atoms with Crippen molar-refractivity contribution in [2.75, 3.05) is 19.8 Å². The molecule has 0 spiro atoms. The fraction of sp³-hybridized carbons (Fsp3) is 0.385. The number of hydrogen-bond acceptors (Lipinski definition) is 2. The average molecular weight is 254 g/mol. The highest BCUT2D eigenvalue weighted by Gasteiger charge is 2.01. The molecule has 0 aliphatic rings. The van der Waals surface area contributed by atoms with Gasteiger partial charge in [-0.05, 0) is 23.1 Å². The van der Waals surface area contributed by atoms with E-state index in [9.17, 15) is 8.78 Å². The van der Waals surface area contributed by atoms with Gasteiger partial charge < -0.3 is 15.0 Å². The topological polar surface area (TPSA) is 37.0 Å². The molecule has 0 radical (unpaired) electrons. The highest BCUT2D eigenvalue weighted by Crippen LogP contribution is 2.13. The lowest BCUT2D eigenvalue weighted by Gasteiger charge is -2.06. The highest BCUT2D eigenvalue weighted by molar-refractivity contribution is 5.79. The van der Waals surface area contributed by atoms with Crippen molar-refractivity contribution in [2.24, 2.45) is 0 Å². The number of H-pyrrole nitrogens is 1. The zero-order valence-electron chi connectivity index (χ0n) is 9.96. The number of fused-ring (bicyclic) bond motifs is 1. The van der Waals surface area contributed by atoms with Crippen LogP contribution in [0.3, 0.4) is 0 Å². The molecule has 2 aromatic rings. The molecule has 2 N–H and O–H groups in total. The third-order valence-electron chi connectivity index (χ3n) is 2.62. The van der Waals surface area contributed by atoms with Crippen molar-refractivity contribution < 1.29 is 13.5 Å². The Bertz CT molecular complexity index is 485. The third-order valence-corrected chi connectivity index (χ3v) is 2.62. The van der Waals surface area contributed by atoms with Crippen LogP contribution < -0.4 is 5.32 Å². The van der Waals surface area contributed by atoms with Crippen molar-refractivity contribution in [3.8, 4) is 0 Å². The molecule has 5 heteroatoms. The second-order valence-electron chi connectivity index (χ2n) is 4.04. The second kappa shape index (κ2) is 6.47. The Hall–Kier alpha value is -1.46. The van der Waals surface area contributed by atoms with Gasteiger partial charge in [-0.1, -0.05) is 12.1 Å². The number of ether oxygens (including phenoxy) is 1. The van der Waals surface area contributed by atoms with E-state index in [1.807, 2.05) is 18.3 Å². The smallest absolute Gasteiger partial charge is 0.261 e. The summed E-state index contributed by atoms with van der Waals surface area (Å²) >= 11 is 0. The quantitative estimate of drug-likeness (QED) is 0.745. The molecule has 1 aromatic heterocycles. The molecular weight excluding hydrogens is 238 g/mol. The summed E-state index contributed by atoms with van der Waals surface area (Å²) in [5.41, 5.74) is 2.25. The number of rotatable bonds is 7. The fourth-order valence-corrected chi connectivity index (χ4v) is 1.75. The van der Waals surface area contributed by atoms with Crippen LogP contribution in [0.2, 0.25) is 0 Å². The predicted molar refractivity (Wildman–Crippen MR) is 66.8 cm³/mol. The van der Waals surface area contributed by atoms with E-state index >= 15 is 0 Å². The third kappa shape index (κ3) is 3.78. The van der Waals surface area contributed by atoms with E-state index in [4.69, 9.17) is 4.74 Å². The Balaban J connectivity index is 1.70. The average Bonchev–Trinajstić information content (AvgIpc) is 2.80. The molecule has 0 fully saturated rings. The van der Waals surface area contributed by atoms with Gasteiger partial charge >= 0.3 is 0 Å². The van der Waals surface area contributed by atoms with Crippen molar-refractivity contribution in [3.05, 3.63) is 36.0 Å². The van der Waals surface area contributed by atoms with Crippen molar-refractivity contribution in [3.63, 3.8) is 0 Å². The van der Waals surface area contributed by atoms with E-state index in [-0.39, 0.29) is 0 Å². The molecule has 0 saturated carbocycles. The van der Waals surface area contributed by atoms with E-state index in [1.165, 1.54) is 5.39 Å². The Kier molecular flexibility index (Phi) is 4.66. The zero-order chi connectivity index (χ0) is 12.8. The van der Waals surface area contributed by atoms with Crippen LogP contribution in [0.4, 0.5) is 8.78 Å². The van der Waals surface area contributed by atoms with Crippen LogP contribution in [0.15, 0.2) is 30.5 Å². The molecule has 2 rings (SSSR count). The summed E-state index contributed by atoms with van der Waals surface area (Å²) in [7, 11) is 0. The minimum atomic E-state index is -2.39. The summed E-state index contributed by atoms with van der Waals surface area (Å²) in [5, 5.41) is 4.33. The Morgan fingerprint density at radius 3 is 3.00 bits per heavy atom. The van der Waals surface area contributed by atoms with E-state index in [0.29, 0.717) is 19.7 Å². The standard InChI is InChI=1S/C13H16F2N2O/c14-13(15)9-18-6-5-16-8-10-1-2-11-3-4-17-12(11)7-10/h1-4,7,13,16-17H,5-6,8-9H2. The van der Waals surface area contributed by atoms with E-state index in [1.54, 1.807) is 0 Å². The summed E-state index contributed by atoms with van der Waals surface area (Å²) < 4.78 is 28.3. The Morgan fingerprint density at radius 2 is 2.17 bits per heavy atom. The molecule has 3 nitrogen and oxygen atoms in total. The summed E-state index contributed by atoms with van der Waals surface area (Å²) in [4.78, 5) is 3.15. The monoisotopic (exact) mass is 254 g/mol. The number of aromatic amines is 1. The van der Waals surface area contributed by atoms with Crippen molar-refractivity contribution in [1.82, 2.24) is 10.3 Å². The van der Waals surface area contributed by atoms with Crippen LogP contribution in [0, 0.1) is 0 Å². The van der Waals surface area contributed by atoms with Crippen molar-refractivity contribution >= 4 is 10.9 Å². The molecule has 1 heterocycles. The molecule has 0 atom stereocenters. The number of alkyl halides is 2. The van der Waals surface area contributed by atoms with Gasteiger partial charge in [0, 0.05) is 24.8 Å². The largest absolute Gasteiger partial charge is 0.374 e. The highest BCUT2D eigenvalue weighted by atomic mass is 19.3. The molecule has 0 amide bonds. The maximum Gasteiger partial charge on any atom is 0.261 e.